The maximum Gasteiger partial charge on any atom is 0.313 e. The molecule has 1 saturated heterocycles. The first-order chi connectivity index (χ1) is 10.1. The van der Waals surface area contributed by atoms with E-state index < -0.39 is 17.6 Å². The maximum absolute atomic E-state index is 13.4. The standard InChI is InChI=1S/C15H20FN3O2/c1-2-19-9-5-6-11(19)10-17-14(20)15(21)18-13-8-4-3-7-12(13)16/h3-4,7-8,11H,2,5-6,9-10H2,1H3,(H,17,20)(H,18,21)/p+1/t11-/m0/s1. The van der Waals surface area contributed by atoms with Crippen LogP contribution in [0.5, 0.6) is 0 Å². The molecule has 5 nitrogen and oxygen atoms in total. The van der Waals surface area contributed by atoms with Gasteiger partial charge in [-0.05, 0) is 19.1 Å². The van der Waals surface area contributed by atoms with Crippen molar-refractivity contribution in [1.82, 2.24) is 5.32 Å². The van der Waals surface area contributed by atoms with Crippen molar-refractivity contribution < 1.29 is 18.9 Å². The number of carbonyl (C=O) groups is 2. The maximum atomic E-state index is 13.4. The van der Waals surface area contributed by atoms with Crippen LogP contribution in [0.25, 0.3) is 0 Å². The number of benzene rings is 1. The third-order valence-electron chi connectivity index (χ3n) is 3.92. The highest BCUT2D eigenvalue weighted by Crippen LogP contribution is 2.11. The van der Waals surface area contributed by atoms with Gasteiger partial charge in [0.2, 0.25) is 0 Å². The van der Waals surface area contributed by atoms with Gasteiger partial charge in [0.15, 0.2) is 0 Å². The molecule has 1 fully saturated rings. The molecule has 1 aliphatic heterocycles. The minimum Gasteiger partial charge on any atom is -0.342 e. The largest absolute Gasteiger partial charge is 0.342 e. The molecule has 0 aliphatic carbocycles. The molecule has 0 radical (unpaired) electrons. The Balaban J connectivity index is 1.83. The highest BCUT2D eigenvalue weighted by Gasteiger charge is 2.28. The second kappa shape index (κ2) is 7.17. The third-order valence-corrected chi connectivity index (χ3v) is 3.92. The van der Waals surface area contributed by atoms with Crippen LogP contribution in [0.3, 0.4) is 0 Å². The summed E-state index contributed by atoms with van der Waals surface area (Å²) in [5.74, 6) is -2.12. The summed E-state index contributed by atoms with van der Waals surface area (Å²) in [4.78, 5) is 24.9. The van der Waals surface area contributed by atoms with E-state index in [9.17, 15) is 14.0 Å². The predicted molar refractivity (Wildman–Crippen MR) is 77.4 cm³/mol. The Morgan fingerprint density at radius 1 is 1.33 bits per heavy atom. The van der Waals surface area contributed by atoms with Gasteiger partial charge in [-0.25, -0.2) is 4.39 Å². The fraction of sp³-hybridized carbons (Fsp3) is 0.467. The number of hydrogen-bond donors (Lipinski definition) is 3. The number of likely N-dealkylation sites (N-methyl/N-ethyl adjacent to an activating group) is 1. The number of anilines is 1. The number of halogens is 1. The Morgan fingerprint density at radius 3 is 2.81 bits per heavy atom. The lowest BCUT2D eigenvalue weighted by Crippen LogP contribution is -3.14. The number of nitrogens with one attached hydrogen (secondary N) is 3. The summed E-state index contributed by atoms with van der Waals surface area (Å²) >= 11 is 0. The Hall–Kier alpha value is -1.95. The van der Waals surface area contributed by atoms with Gasteiger partial charge in [-0.2, -0.15) is 0 Å². The number of likely N-dealkylation sites (tertiary alicyclic amines) is 1. The van der Waals surface area contributed by atoms with Gasteiger partial charge in [-0.15, -0.1) is 0 Å². The smallest absolute Gasteiger partial charge is 0.313 e. The zero-order valence-corrected chi connectivity index (χ0v) is 12.1. The molecule has 6 heteroatoms. The molecule has 2 amide bonds. The van der Waals surface area contributed by atoms with E-state index in [2.05, 4.69) is 17.6 Å². The Kier molecular flexibility index (Phi) is 5.27. The van der Waals surface area contributed by atoms with Gasteiger partial charge in [-0.1, -0.05) is 12.1 Å². The molecule has 0 aromatic heterocycles. The number of quaternary nitrogens is 1. The summed E-state index contributed by atoms with van der Waals surface area (Å²) in [6.07, 6.45) is 2.20. The monoisotopic (exact) mass is 294 g/mol. The van der Waals surface area contributed by atoms with Crippen molar-refractivity contribution >= 4 is 17.5 Å². The number of hydrogen-bond acceptors (Lipinski definition) is 2. The number of amides is 2. The Morgan fingerprint density at radius 2 is 2.10 bits per heavy atom. The molecule has 1 heterocycles. The minimum absolute atomic E-state index is 0.0133. The molecular weight excluding hydrogens is 273 g/mol. The molecule has 1 unspecified atom stereocenters. The van der Waals surface area contributed by atoms with Crippen LogP contribution < -0.4 is 15.5 Å². The number of carbonyl (C=O) groups excluding carboxylic acids is 2. The quantitative estimate of drug-likeness (QED) is 0.682. The van der Waals surface area contributed by atoms with Crippen LogP contribution in [0.2, 0.25) is 0 Å². The summed E-state index contributed by atoms with van der Waals surface area (Å²) in [5.41, 5.74) is 0.0133. The summed E-state index contributed by atoms with van der Waals surface area (Å²) in [5, 5.41) is 4.91. The third kappa shape index (κ3) is 4.01. The summed E-state index contributed by atoms with van der Waals surface area (Å²) < 4.78 is 13.4. The van der Waals surface area contributed by atoms with Crippen LogP contribution in [0.1, 0.15) is 19.8 Å². The zero-order chi connectivity index (χ0) is 15.2. The van der Waals surface area contributed by atoms with E-state index in [1.165, 1.54) is 23.1 Å². The molecule has 0 bridgehead atoms. The lowest BCUT2D eigenvalue weighted by molar-refractivity contribution is -0.909. The van der Waals surface area contributed by atoms with E-state index in [0.717, 1.165) is 25.9 Å². The van der Waals surface area contributed by atoms with Crippen molar-refractivity contribution in [2.24, 2.45) is 0 Å². The minimum atomic E-state index is -0.837. The van der Waals surface area contributed by atoms with Crippen molar-refractivity contribution in [2.45, 2.75) is 25.8 Å². The van der Waals surface area contributed by atoms with Gasteiger partial charge < -0.3 is 15.5 Å². The van der Waals surface area contributed by atoms with E-state index >= 15 is 0 Å². The second-order valence-corrected chi connectivity index (χ2v) is 5.24. The van der Waals surface area contributed by atoms with Gasteiger partial charge in [0, 0.05) is 12.8 Å². The predicted octanol–water partition coefficient (Wildman–Crippen LogP) is -0.0524. The second-order valence-electron chi connectivity index (χ2n) is 5.24. The van der Waals surface area contributed by atoms with Crippen molar-refractivity contribution in [1.29, 1.82) is 0 Å². The molecule has 2 rings (SSSR count). The molecule has 114 valence electrons. The van der Waals surface area contributed by atoms with Crippen LogP contribution in [-0.4, -0.2) is 37.5 Å². The first-order valence-corrected chi connectivity index (χ1v) is 7.30. The van der Waals surface area contributed by atoms with Gasteiger partial charge in [0.05, 0.1) is 25.3 Å². The summed E-state index contributed by atoms with van der Waals surface area (Å²) in [7, 11) is 0. The lowest BCUT2D eigenvalue weighted by atomic mass is 10.2. The van der Waals surface area contributed by atoms with Crippen molar-refractivity contribution in [3.63, 3.8) is 0 Å². The average molecular weight is 294 g/mol. The molecule has 1 aliphatic rings. The van der Waals surface area contributed by atoms with Gasteiger partial charge in [0.1, 0.15) is 11.9 Å². The molecule has 3 N–H and O–H groups in total. The van der Waals surface area contributed by atoms with Crippen LogP contribution in [0, 0.1) is 5.82 Å². The Labute approximate surface area is 123 Å². The van der Waals surface area contributed by atoms with E-state index in [1.54, 1.807) is 6.07 Å². The van der Waals surface area contributed by atoms with E-state index in [0.29, 0.717) is 12.6 Å². The highest BCUT2D eigenvalue weighted by atomic mass is 19.1. The molecular formula is C15H21FN3O2+. The topological polar surface area (TPSA) is 62.6 Å². The van der Waals surface area contributed by atoms with Crippen LogP contribution in [0.4, 0.5) is 10.1 Å². The fourth-order valence-corrected chi connectivity index (χ4v) is 2.73. The first-order valence-electron chi connectivity index (χ1n) is 7.30. The SMILES string of the molecule is CC[NH+]1CCC[C@H]1CNC(=O)C(=O)Nc1ccccc1F. The highest BCUT2D eigenvalue weighted by molar-refractivity contribution is 6.39. The van der Waals surface area contributed by atoms with Gasteiger partial charge >= 0.3 is 11.8 Å². The Bertz CT molecular complexity index is 521. The molecule has 0 spiro atoms. The van der Waals surface area contributed by atoms with Crippen molar-refractivity contribution in [2.75, 3.05) is 25.0 Å². The molecule has 2 atom stereocenters. The van der Waals surface area contributed by atoms with E-state index in [4.69, 9.17) is 0 Å². The van der Waals surface area contributed by atoms with E-state index in [-0.39, 0.29) is 5.69 Å². The van der Waals surface area contributed by atoms with Gasteiger partial charge in [0.25, 0.3) is 0 Å². The van der Waals surface area contributed by atoms with Gasteiger partial charge in [-0.3, -0.25) is 9.59 Å². The first kappa shape index (κ1) is 15.4. The van der Waals surface area contributed by atoms with Crippen LogP contribution in [-0.2, 0) is 9.59 Å². The number of rotatable bonds is 4. The molecule has 1 aromatic rings. The summed E-state index contributed by atoms with van der Waals surface area (Å²) in [6.45, 7) is 4.72. The van der Waals surface area contributed by atoms with Crippen molar-refractivity contribution in [3.8, 4) is 0 Å². The van der Waals surface area contributed by atoms with Crippen LogP contribution in [0.15, 0.2) is 24.3 Å². The summed E-state index contributed by atoms with van der Waals surface area (Å²) in [6, 6.07) is 6.13. The zero-order valence-electron chi connectivity index (χ0n) is 12.1. The number of para-hydroxylation sites is 1. The molecule has 21 heavy (non-hydrogen) atoms. The lowest BCUT2D eigenvalue weighted by Gasteiger charge is -2.19. The van der Waals surface area contributed by atoms with Crippen LogP contribution >= 0.6 is 0 Å². The van der Waals surface area contributed by atoms with E-state index in [1.807, 2.05) is 0 Å². The normalized spacial score (nSPS) is 21.0. The molecule has 1 aromatic carbocycles. The molecule has 0 saturated carbocycles. The fourth-order valence-electron chi connectivity index (χ4n) is 2.73. The van der Waals surface area contributed by atoms with Crippen molar-refractivity contribution in [3.05, 3.63) is 30.1 Å². The average Bonchev–Trinajstić information content (AvgIpc) is 2.94.